The topological polar surface area (TPSA) is 36.4 Å². The lowest BCUT2D eigenvalue weighted by Crippen LogP contribution is -2.35. The number of hydrogen-bond donors (Lipinski definition) is 1. The summed E-state index contributed by atoms with van der Waals surface area (Å²) in [7, 11) is 0. The van der Waals surface area contributed by atoms with Gasteiger partial charge in [-0.2, -0.15) is 0 Å². The zero-order chi connectivity index (χ0) is 12.1. The van der Waals surface area contributed by atoms with Crippen LogP contribution < -0.4 is 0 Å². The highest BCUT2D eigenvalue weighted by atomic mass is 79.9. The highest BCUT2D eigenvalue weighted by molar-refractivity contribution is 9.10. The van der Waals surface area contributed by atoms with E-state index in [2.05, 4.69) is 31.9 Å². The van der Waals surface area contributed by atoms with Gasteiger partial charge in [0.1, 0.15) is 0 Å². The molecule has 0 amide bonds. The molecule has 3 nitrogen and oxygen atoms in total. The molecule has 0 unspecified atom stereocenters. The number of aliphatic hydroxyl groups excluding tert-OH is 1. The minimum Gasteiger partial charge on any atom is -0.395 e. The fraction of sp³-hybridized carbons (Fsp3) is 0.615. The van der Waals surface area contributed by atoms with Crippen LogP contribution in [0.4, 0.5) is 0 Å². The third-order valence-corrected chi connectivity index (χ3v) is 3.81. The molecule has 0 aromatic carbocycles. The van der Waals surface area contributed by atoms with Crippen molar-refractivity contribution < 1.29 is 5.11 Å². The zero-order valence-electron chi connectivity index (χ0n) is 9.98. The lowest BCUT2D eigenvalue weighted by Gasteiger charge is -2.28. The van der Waals surface area contributed by atoms with E-state index in [1.54, 1.807) is 6.20 Å². The van der Waals surface area contributed by atoms with Crippen molar-refractivity contribution in [1.29, 1.82) is 0 Å². The van der Waals surface area contributed by atoms with Gasteiger partial charge in [0, 0.05) is 36.0 Å². The maximum atomic E-state index is 9.16. The van der Waals surface area contributed by atoms with Crippen LogP contribution in [0, 0.1) is 0 Å². The van der Waals surface area contributed by atoms with E-state index in [0.717, 1.165) is 17.6 Å². The Labute approximate surface area is 111 Å². The van der Waals surface area contributed by atoms with E-state index in [1.165, 1.54) is 31.2 Å². The van der Waals surface area contributed by atoms with E-state index in [1.807, 2.05) is 6.20 Å². The summed E-state index contributed by atoms with van der Waals surface area (Å²) in [6.45, 7) is 1.88. The number of pyridine rings is 1. The second-order valence-electron chi connectivity index (χ2n) is 4.64. The Morgan fingerprint density at radius 2 is 2.12 bits per heavy atom. The Hall–Kier alpha value is -0.450. The van der Waals surface area contributed by atoms with Crippen LogP contribution in [-0.4, -0.2) is 34.2 Å². The van der Waals surface area contributed by atoms with Crippen molar-refractivity contribution in [3.05, 3.63) is 28.5 Å². The molecule has 0 spiro atoms. The van der Waals surface area contributed by atoms with Gasteiger partial charge in [-0.15, -0.1) is 0 Å². The Kier molecular flexibility index (Phi) is 4.95. The quantitative estimate of drug-likeness (QED) is 0.908. The first-order valence-corrected chi connectivity index (χ1v) is 7.03. The second kappa shape index (κ2) is 6.47. The summed E-state index contributed by atoms with van der Waals surface area (Å²) >= 11 is 3.44. The van der Waals surface area contributed by atoms with Gasteiger partial charge in [0.25, 0.3) is 0 Å². The normalized spacial score (nSPS) is 16.9. The van der Waals surface area contributed by atoms with Crippen LogP contribution in [0.5, 0.6) is 0 Å². The molecule has 17 heavy (non-hydrogen) atoms. The van der Waals surface area contributed by atoms with E-state index in [9.17, 15) is 0 Å². The summed E-state index contributed by atoms with van der Waals surface area (Å²) in [5, 5.41) is 9.16. The molecule has 0 aliphatic heterocycles. The molecule has 0 bridgehead atoms. The first-order chi connectivity index (χ1) is 8.29. The highest BCUT2D eigenvalue weighted by Crippen LogP contribution is 2.25. The van der Waals surface area contributed by atoms with Gasteiger partial charge < -0.3 is 5.11 Å². The molecule has 94 valence electrons. The highest BCUT2D eigenvalue weighted by Gasteiger charge is 2.22. The molecule has 1 aromatic rings. The summed E-state index contributed by atoms with van der Waals surface area (Å²) in [6, 6.07) is 2.74. The average molecular weight is 299 g/mol. The summed E-state index contributed by atoms with van der Waals surface area (Å²) in [6.07, 6.45) is 8.88. The number of nitrogens with zero attached hydrogens (tertiary/aromatic N) is 2. The fourth-order valence-corrected chi connectivity index (χ4v) is 2.98. The van der Waals surface area contributed by atoms with E-state index in [4.69, 9.17) is 5.11 Å². The van der Waals surface area contributed by atoms with E-state index in [-0.39, 0.29) is 6.61 Å². The minimum atomic E-state index is 0.234. The van der Waals surface area contributed by atoms with Crippen LogP contribution in [0.25, 0.3) is 0 Å². The van der Waals surface area contributed by atoms with Gasteiger partial charge in [-0.3, -0.25) is 9.88 Å². The molecule has 1 aliphatic carbocycles. The van der Waals surface area contributed by atoms with E-state index in [0.29, 0.717) is 6.04 Å². The molecule has 1 aliphatic rings. The molecule has 0 radical (unpaired) electrons. The van der Waals surface area contributed by atoms with Crippen molar-refractivity contribution in [3.8, 4) is 0 Å². The van der Waals surface area contributed by atoms with Gasteiger partial charge in [0.2, 0.25) is 0 Å². The Morgan fingerprint density at radius 3 is 2.76 bits per heavy atom. The first kappa shape index (κ1) is 13.0. The summed E-state index contributed by atoms with van der Waals surface area (Å²) in [5.41, 5.74) is 1.21. The maximum Gasteiger partial charge on any atom is 0.0558 e. The van der Waals surface area contributed by atoms with Crippen molar-refractivity contribution in [2.45, 2.75) is 38.3 Å². The lowest BCUT2D eigenvalue weighted by molar-refractivity contribution is 0.144. The number of hydrogen-bond acceptors (Lipinski definition) is 3. The molecule has 1 aromatic heterocycles. The average Bonchev–Trinajstić information content (AvgIpc) is 2.82. The number of aliphatic hydroxyl groups is 1. The summed E-state index contributed by atoms with van der Waals surface area (Å²) in [5.74, 6) is 0. The predicted molar refractivity (Wildman–Crippen MR) is 71.7 cm³/mol. The lowest BCUT2D eigenvalue weighted by atomic mass is 10.1. The largest absolute Gasteiger partial charge is 0.395 e. The van der Waals surface area contributed by atoms with Crippen molar-refractivity contribution in [1.82, 2.24) is 9.88 Å². The molecule has 1 saturated carbocycles. The molecule has 4 heteroatoms. The van der Waals surface area contributed by atoms with Gasteiger partial charge in [-0.25, -0.2) is 0 Å². The standard InChI is InChI=1S/C13H19BrN2O/c14-12-7-11(8-15-9-12)10-16(5-6-17)13-3-1-2-4-13/h7-9,13,17H,1-6,10H2. The van der Waals surface area contributed by atoms with Crippen LogP contribution in [0.15, 0.2) is 22.9 Å². The summed E-state index contributed by atoms with van der Waals surface area (Å²) in [4.78, 5) is 6.57. The second-order valence-corrected chi connectivity index (χ2v) is 5.56. The van der Waals surface area contributed by atoms with Gasteiger partial charge in [0.15, 0.2) is 0 Å². The third kappa shape index (κ3) is 3.76. The maximum absolute atomic E-state index is 9.16. The van der Waals surface area contributed by atoms with Gasteiger partial charge >= 0.3 is 0 Å². The number of aromatic nitrogens is 1. The number of rotatable bonds is 5. The Balaban J connectivity index is 2.01. The van der Waals surface area contributed by atoms with Crippen molar-refractivity contribution >= 4 is 15.9 Å². The molecule has 2 rings (SSSR count). The molecular weight excluding hydrogens is 280 g/mol. The van der Waals surface area contributed by atoms with Gasteiger partial charge in [-0.05, 0) is 40.4 Å². The molecular formula is C13H19BrN2O. The summed E-state index contributed by atoms with van der Waals surface area (Å²) < 4.78 is 1.02. The smallest absolute Gasteiger partial charge is 0.0558 e. The van der Waals surface area contributed by atoms with Crippen LogP contribution in [0.3, 0.4) is 0 Å². The molecule has 1 heterocycles. The van der Waals surface area contributed by atoms with Gasteiger partial charge in [-0.1, -0.05) is 12.8 Å². The van der Waals surface area contributed by atoms with E-state index >= 15 is 0 Å². The molecule has 0 saturated heterocycles. The third-order valence-electron chi connectivity index (χ3n) is 3.38. The van der Waals surface area contributed by atoms with Gasteiger partial charge in [0.05, 0.1) is 6.61 Å². The zero-order valence-corrected chi connectivity index (χ0v) is 11.6. The van der Waals surface area contributed by atoms with Crippen LogP contribution in [0.2, 0.25) is 0 Å². The number of halogens is 1. The van der Waals surface area contributed by atoms with Crippen LogP contribution >= 0.6 is 15.9 Å². The Morgan fingerprint density at radius 1 is 1.35 bits per heavy atom. The van der Waals surface area contributed by atoms with E-state index < -0.39 is 0 Å². The molecule has 1 N–H and O–H groups in total. The molecule has 0 atom stereocenters. The van der Waals surface area contributed by atoms with Crippen LogP contribution in [0.1, 0.15) is 31.2 Å². The van der Waals surface area contributed by atoms with Crippen molar-refractivity contribution in [2.24, 2.45) is 0 Å². The van der Waals surface area contributed by atoms with Crippen molar-refractivity contribution in [3.63, 3.8) is 0 Å². The first-order valence-electron chi connectivity index (χ1n) is 6.24. The Bertz CT molecular complexity index is 353. The monoisotopic (exact) mass is 298 g/mol. The van der Waals surface area contributed by atoms with Crippen LogP contribution in [-0.2, 0) is 6.54 Å². The SMILES string of the molecule is OCCN(Cc1cncc(Br)c1)C1CCCC1. The minimum absolute atomic E-state index is 0.234. The predicted octanol–water partition coefficient (Wildman–Crippen LogP) is 2.58. The molecule has 1 fully saturated rings. The van der Waals surface area contributed by atoms with Crippen molar-refractivity contribution in [2.75, 3.05) is 13.2 Å². The fourth-order valence-electron chi connectivity index (χ4n) is 2.57.